The Hall–Kier alpha value is -1.05. The molecule has 2 heteroatoms. The van der Waals surface area contributed by atoms with Crippen molar-refractivity contribution < 1.29 is 4.39 Å². The summed E-state index contributed by atoms with van der Waals surface area (Å²) in [7, 11) is 0. The molecule has 1 aromatic carbocycles. The Labute approximate surface area is 72.6 Å². The van der Waals surface area contributed by atoms with Gasteiger partial charge in [0.25, 0.3) is 0 Å². The van der Waals surface area contributed by atoms with Gasteiger partial charge in [-0.2, -0.15) is 0 Å². The number of anilines is 1. The van der Waals surface area contributed by atoms with Crippen LogP contribution in [0.25, 0.3) is 0 Å². The lowest BCUT2D eigenvalue weighted by Crippen LogP contribution is -2.00. The van der Waals surface area contributed by atoms with Crippen molar-refractivity contribution in [1.29, 1.82) is 0 Å². The van der Waals surface area contributed by atoms with E-state index in [1.54, 1.807) is 12.1 Å². The van der Waals surface area contributed by atoms with Crippen LogP contribution in [-0.4, -0.2) is 6.54 Å². The average molecular weight is 167 g/mol. The fraction of sp³-hybridized carbons (Fsp3) is 0.400. The van der Waals surface area contributed by atoms with Crippen molar-refractivity contribution in [2.24, 2.45) is 0 Å². The van der Waals surface area contributed by atoms with E-state index < -0.39 is 0 Å². The lowest BCUT2D eigenvalue weighted by atomic mass is 10.1. The summed E-state index contributed by atoms with van der Waals surface area (Å²) in [5.41, 5.74) is 2.08. The highest BCUT2D eigenvalue weighted by atomic mass is 19.1. The molecule has 12 heavy (non-hydrogen) atoms. The summed E-state index contributed by atoms with van der Waals surface area (Å²) in [5.74, 6) is -0.159. The minimum atomic E-state index is -0.159. The smallest absolute Gasteiger partial charge is 0.123 e. The third-order valence-electron chi connectivity index (χ3n) is 1.82. The van der Waals surface area contributed by atoms with E-state index in [0.29, 0.717) is 0 Å². The largest absolute Gasteiger partial charge is 0.385 e. The molecule has 1 nitrogen and oxygen atoms in total. The molecule has 0 aliphatic rings. The molecule has 0 aliphatic carbocycles. The molecule has 0 heterocycles. The predicted octanol–water partition coefficient (Wildman–Crippen LogP) is 2.82. The molecule has 0 saturated heterocycles. The number of benzene rings is 1. The molecule has 0 fully saturated rings. The fourth-order valence-corrected chi connectivity index (χ4v) is 1.22. The van der Waals surface area contributed by atoms with E-state index in [1.807, 2.05) is 13.8 Å². The van der Waals surface area contributed by atoms with Gasteiger partial charge in [-0.3, -0.25) is 0 Å². The molecule has 1 aromatic rings. The van der Waals surface area contributed by atoms with E-state index in [2.05, 4.69) is 5.32 Å². The second-order valence-corrected chi connectivity index (χ2v) is 2.69. The van der Waals surface area contributed by atoms with Crippen LogP contribution in [0.2, 0.25) is 0 Å². The maximum absolute atomic E-state index is 12.7. The second-order valence-electron chi connectivity index (χ2n) is 2.69. The first-order valence-electron chi connectivity index (χ1n) is 4.30. The standard InChI is InChI=1S/C10H14FN/c1-3-8-7-9(11)5-6-10(8)12-4-2/h5-7,12H,3-4H2,1-2H3. The number of halogens is 1. The highest BCUT2D eigenvalue weighted by Gasteiger charge is 1.99. The normalized spacial score (nSPS) is 9.92. The van der Waals surface area contributed by atoms with Crippen molar-refractivity contribution in [3.8, 4) is 0 Å². The van der Waals surface area contributed by atoms with Gasteiger partial charge in [0.1, 0.15) is 5.82 Å². The molecular formula is C10H14FN. The lowest BCUT2D eigenvalue weighted by Gasteiger charge is -2.08. The van der Waals surface area contributed by atoms with E-state index >= 15 is 0 Å². The van der Waals surface area contributed by atoms with E-state index in [0.717, 1.165) is 24.2 Å². The summed E-state index contributed by atoms with van der Waals surface area (Å²) >= 11 is 0. The van der Waals surface area contributed by atoms with E-state index in [9.17, 15) is 4.39 Å². The second kappa shape index (κ2) is 4.10. The van der Waals surface area contributed by atoms with Crippen molar-refractivity contribution in [3.63, 3.8) is 0 Å². The van der Waals surface area contributed by atoms with E-state index in [4.69, 9.17) is 0 Å². The van der Waals surface area contributed by atoms with Gasteiger partial charge in [-0.25, -0.2) is 4.39 Å². The quantitative estimate of drug-likeness (QED) is 0.730. The van der Waals surface area contributed by atoms with E-state index in [1.165, 1.54) is 6.07 Å². The van der Waals surface area contributed by atoms with Gasteiger partial charge in [-0.1, -0.05) is 6.92 Å². The Morgan fingerprint density at radius 3 is 2.67 bits per heavy atom. The van der Waals surface area contributed by atoms with Gasteiger partial charge in [0.15, 0.2) is 0 Å². The van der Waals surface area contributed by atoms with Crippen molar-refractivity contribution in [3.05, 3.63) is 29.6 Å². The van der Waals surface area contributed by atoms with Crippen molar-refractivity contribution in [1.82, 2.24) is 0 Å². The predicted molar refractivity (Wildman–Crippen MR) is 49.9 cm³/mol. The lowest BCUT2D eigenvalue weighted by molar-refractivity contribution is 0.626. The first-order chi connectivity index (χ1) is 5.77. The molecule has 0 aliphatic heterocycles. The number of hydrogen-bond acceptors (Lipinski definition) is 1. The number of nitrogens with one attached hydrogen (secondary N) is 1. The van der Waals surface area contributed by atoms with Crippen LogP contribution in [0.5, 0.6) is 0 Å². The summed E-state index contributed by atoms with van der Waals surface area (Å²) in [6.45, 7) is 4.93. The van der Waals surface area contributed by atoms with Gasteiger partial charge in [-0.15, -0.1) is 0 Å². The summed E-state index contributed by atoms with van der Waals surface area (Å²) in [6, 6.07) is 4.85. The van der Waals surface area contributed by atoms with Crippen LogP contribution in [-0.2, 0) is 6.42 Å². The topological polar surface area (TPSA) is 12.0 Å². The number of rotatable bonds is 3. The molecule has 66 valence electrons. The van der Waals surface area contributed by atoms with Crippen LogP contribution in [0.3, 0.4) is 0 Å². The maximum Gasteiger partial charge on any atom is 0.123 e. The Balaban J connectivity index is 2.94. The first kappa shape index (κ1) is 9.04. The molecule has 0 bridgehead atoms. The SMILES string of the molecule is CCNc1ccc(F)cc1CC. The van der Waals surface area contributed by atoms with Gasteiger partial charge in [0.05, 0.1) is 0 Å². The zero-order chi connectivity index (χ0) is 8.97. The van der Waals surface area contributed by atoms with Crippen molar-refractivity contribution >= 4 is 5.69 Å². The van der Waals surface area contributed by atoms with Crippen molar-refractivity contribution in [2.75, 3.05) is 11.9 Å². The summed E-state index contributed by atoms with van der Waals surface area (Å²) in [4.78, 5) is 0. The van der Waals surface area contributed by atoms with Crippen LogP contribution < -0.4 is 5.32 Å². The molecule has 1 rings (SSSR count). The minimum Gasteiger partial charge on any atom is -0.385 e. The Morgan fingerprint density at radius 2 is 2.08 bits per heavy atom. The zero-order valence-corrected chi connectivity index (χ0v) is 7.52. The summed E-state index contributed by atoms with van der Waals surface area (Å²) in [5, 5.41) is 3.19. The summed E-state index contributed by atoms with van der Waals surface area (Å²) < 4.78 is 12.7. The third kappa shape index (κ3) is 1.97. The molecule has 0 atom stereocenters. The Morgan fingerprint density at radius 1 is 1.33 bits per heavy atom. The highest BCUT2D eigenvalue weighted by molar-refractivity contribution is 5.51. The van der Waals surface area contributed by atoms with Crippen LogP contribution >= 0.6 is 0 Å². The van der Waals surface area contributed by atoms with Crippen LogP contribution in [0.1, 0.15) is 19.4 Å². The zero-order valence-electron chi connectivity index (χ0n) is 7.52. The molecule has 0 spiro atoms. The molecule has 0 radical (unpaired) electrons. The summed E-state index contributed by atoms with van der Waals surface area (Å²) in [6.07, 6.45) is 0.861. The molecule has 0 amide bonds. The molecular weight excluding hydrogens is 153 g/mol. The molecule has 0 saturated carbocycles. The minimum absolute atomic E-state index is 0.159. The molecule has 1 N–H and O–H groups in total. The number of hydrogen-bond donors (Lipinski definition) is 1. The van der Waals surface area contributed by atoms with Crippen molar-refractivity contribution in [2.45, 2.75) is 20.3 Å². The average Bonchev–Trinajstić information content (AvgIpc) is 2.08. The molecule has 0 unspecified atom stereocenters. The van der Waals surface area contributed by atoms with Gasteiger partial charge >= 0.3 is 0 Å². The Kier molecular flexibility index (Phi) is 3.09. The van der Waals surface area contributed by atoms with Gasteiger partial charge < -0.3 is 5.32 Å². The first-order valence-corrected chi connectivity index (χ1v) is 4.30. The Bertz CT molecular complexity index is 258. The van der Waals surface area contributed by atoms with Crippen LogP contribution in [0.15, 0.2) is 18.2 Å². The highest BCUT2D eigenvalue weighted by Crippen LogP contribution is 2.16. The van der Waals surface area contributed by atoms with Gasteiger partial charge in [0, 0.05) is 12.2 Å². The molecule has 0 aromatic heterocycles. The third-order valence-corrected chi connectivity index (χ3v) is 1.82. The van der Waals surface area contributed by atoms with Crippen LogP contribution in [0.4, 0.5) is 10.1 Å². The number of aryl methyl sites for hydroxylation is 1. The van der Waals surface area contributed by atoms with Gasteiger partial charge in [0.2, 0.25) is 0 Å². The monoisotopic (exact) mass is 167 g/mol. The fourth-order valence-electron chi connectivity index (χ4n) is 1.22. The van der Waals surface area contributed by atoms with Crippen LogP contribution in [0, 0.1) is 5.82 Å². The van der Waals surface area contributed by atoms with Gasteiger partial charge in [-0.05, 0) is 37.1 Å². The maximum atomic E-state index is 12.7. The van der Waals surface area contributed by atoms with E-state index in [-0.39, 0.29) is 5.82 Å².